The predicted molar refractivity (Wildman–Crippen MR) is 70.2 cm³/mol. The number of halogens is 1. The van der Waals surface area contributed by atoms with Gasteiger partial charge in [-0.05, 0) is 63.0 Å². The van der Waals surface area contributed by atoms with Crippen LogP contribution in [0.25, 0.3) is 0 Å². The second-order valence-corrected chi connectivity index (χ2v) is 5.24. The number of benzene rings is 1. The number of Topliss-reactive ketones (excluding diaryl/α,β-unsaturated/α-hetero) is 1. The molecule has 0 saturated heterocycles. The fourth-order valence-electron chi connectivity index (χ4n) is 2.12. The summed E-state index contributed by atoms with van der Waals surface area (Å²) in [5.74, 6) is 0.702. The summed E-state index contributed by atoms with van der Waals surface area (Å²) < 4.78 is 12.7. The van der Waals surface area contributed by atoms with Gasteiger partial charge in [-0.3, -0.25) is 4.79 Å². The Balaban J connectivity index is 1.69. The first kappa shape index (κ1) is 13.2. The van der Waals surface area contributed by atoms with Crippen molar-refractivity contribution in [2.75, 3.05) is 20.1 Å². The standard InChI is InChI=1S/C15H20FNO/c1-17(11-12-4-5-12)10-2-3-15(18)13-6-8-14(16)9-7-13/h6-9,12H,2-5,10-11H2,1H3. The molecule has 3 heteroatoms. The van der Waals surface area contributed by atoms with Crippen molar-refractivity contribution in [2.45, 2.75) is 25.7 Å². The summed E-state index contributed by atoms with van der Waals surface area (Å²) in [7, 11) is 2.11. The summed E-state index contributed by atoms with van der Waals surface area (Å²) >= 11 is 0. The Labute approximate surface area is 108 Å². The van der Waals surface area contributed by atoms with Crippen molar-refractivity contribution < 1.29 is 9.18 Å². The maximum atomic E-state index is 12.7. The Hall–Kier alpha value is -1.22. The average molecular weight is 249 g/mol. The van der Waals surface area contributed by atoms with E-state index in [1.54, 1.807) is 12.1 Å². The lowest BCUT2D eigenvalue weighted by Gasteiger charge is -2.15. The molecule has 0 unspecified atom stereocenters. The summed E-state index contributed by atoms with van der Waals surface area (Å²) in [6, 6.07) is 5.80. The van der Waals surface area contributed by atoms with E-state index in [9.17, 15) is 9.18 Å². The van der Waals surface area contributed by atoms with Crippen LogP contribution in [0.5, 0.6) is 0 Å². The maximum Gasteiger partial charge on any atom is 0.162 e. The van der Waals surface area contributed by atoms with Crippen LogP contribution >= 0.6 is 0 Å². The molecule has 0 radical (unpaired) electrons. The number of carbonyl (C=O) groups excluding carboxylic acids is 1. The van der Waals surface area contributed by atoms with Crippen molar-refractivity contribution in [3.05, 3.63) is 35.6 Å². The molecule has 0 heterocycles. The van der Waals surface area contributed by atoms with Crippen LogP contribution in [0.4, 0.5) is 4.39 Å². The Morgan fingerprint density at radius 2 is 2.00 bits per heavy atom. The first-order valence-electron chi connectivity index (χ1n) is 6.62. The van der Waals surface area contributed by atoms with Crippen LogP contribution in [-0.4, -0.2) is 30.8 Å². The summed E-state index contributed by atoms with van der Waals surface area (Å²) in [6.07, 6.45) is 4.14. The third kappa shape index (κ3) is 4.22. The molecular weight excluding hydrogens is 229 g/mol. The van der Waals surface area contributed by atoms with E-state index >= 15 is 0 Å². The zero-order valence-corrected chi connectivity index (χ0v) is 10.9. The lowest BCUT2D eigenvalue weighted by atomic mass is 10.1. The fourth-order valence-corrected chi connectivity index (χ4v) is 2.12. The Morgan fingerprint density at radius 1 is 1.33 bits per heavy atom. The molecule has 1 aliphatic carbocycles. The van der Waals surface area contributed by atoms with Gasteiger partial charge in [0.2, 0.25) is 0 Å². The quantitative estimate of drug-likeness (QED) is 0.692. The van der Waals surface area contributed by atoms with E-state index in [2.05, 4.69) is 11.9 Å². The van der Waals surface area contributed by atoms with Crippen molar-refractivity contribution in [1.29, 1.82) is 0 Å². The number of carbonyl (C=O) groups is 1. The highest BCUT2D eigenvalue weighted by Gasteiger charge is 2.22. The van der Waals surface area contributed by atoms with Crippen LogP contribution in [0.15, 0.2) is 24.3 Å². The molecule has 1 aromatic carbocycles. The largest absolute Gasteiger partial charge is 0.306 e. The summed E-state index contributed by atoms with van der Waals surface area (Å²) in [6.45, 7) is 2.12. The van der Waals surface area contributed by atoms with Gasteiger partial charge < -0.3 is 4.90 Å². The Morgan fingerprint density at radius 3 is 2.61 bits per heavy atom. The first-order chi connectivity index (χ1) is 8.65. The molecule has 1 fully saturated rings. The van der Waals surface area contributed by atoms with E-state index in [1.807, 2.05) is 0 Å². The highest BCUT2D eigenvalue weighted by molar-refractivity contribution is 5.95. The summed E-state index contributed by atoms with van der Waals surface area (Å²) in [4.78, 5) is 14.1. The molecule has 0 spiro atoms. The Bertz CT molecular complexity index is 397. The van der Waals surface area contributed by atoms with Gasteiger partial charge >= 0.3 is 0 Å². The molecule has 0 atom stereocenters. The van der Waals surface area contributed by atoms with E-state index < -0.39 is 0 Å². The number of rotatable bonds is 7. The monoisotopic (exact) mass is 249 g/mol. The SMILES string of the molecule is CN(CCCC(=O)c1ccc(F)cc1)CC1CC1. The lowest BCUT2D eigenvalue weighted by Crippen LogP contribution is -2.22. The van der Waals surface area contributed by atoms with Crippen LogP contribution in [0.1, 0.15) is 36.0 Å². The van der Waals surface area contributed by atoms with Crippen molar-refractivity contribution in [2.24, 2.45) is 5.92 Å². The van der Waals surface area contributed by atoms with E-state index in [0.29, 0.717) is 12.0 Å². The zero-order chi connectivity index (χ0) is 13.0. The molecule has 1 aliphatic rings. The number of hydrogen-bond donors (Lipinski definition) is 0. The lowest BCUT2D eigenvalue weighted by molar-refractivity contribution is 0.0976. The highest BCUT2D eigenvalue weighted by Crippen LogP contribution is 2.29. The number of ketones is 1. The molecule has 0 bridgehead atoms. The third-order valence-corrected chi connectivity index (χ3v) is 3.38. The zero-order valence-electron chi connectivity index (χ0n) is 10.9. The molecule has 2 rings (SSSR count). The number of nitrogens with zero attached hydrogens (tertiary/aromatic N) is 1. The second kappa shape index (κ2) is 6.10. The van der Waals surface area contributed by atoms with Gasteiger partial charge in [-0.1, -0.05) is 0 Å². The molecule has 1 aromatic rings. The van der Waals surface area contributed by atoms with E-state index in [-0.39, 0.29) is 11.6 Å². The second-order valence-electron chi connectivity index (χ2n) is 5.24. The van der Waals surface area contributed by atoms with Gasteiger partial charge in [0, 0.05) is 18.5 Å². The van der Waals surface area contributed by atoms with Gasteiger partial charge in [-0.25, -0.2) is 4.39 Å². The van der Waals surface area contributed by atoms with Gasteiger partial charge in [0.15, 0.2) is 5.78 Å². The van der Waals surface area contributed by atoms with Crippen LogP contribution in [0.3, 0.4) is 0 Å². The molecule has 2 nitrogen and oxygen atoms in total. The molecule has 0 N–H and O–H groups in total. The number of hydrogen-bond acceptors (Lipinski definition) is 2. The van der Waals surface area contributed by atoms with Crippen molar-refractivity contribution in [1.82, 2.24) is 4.90 Å². The smallest absolute Gasteiger partial charge is 0.162 e. The summed E-state index contributed by atoms with van der Waals surface area (Å²) in [5, 5.41) is 0. The fraction of sp³-hybridized carbons (Fsp3) is 0.533. The molecule has 0 aliphatic heterocycles. The molecule has 18 heavy (non-hydrogen) atoms. The molecule has 0 aromatic heterocycles. The topological polar surface area (TPSA) is 20.3 Å². The molecule has 1 saturated carbocycles. The third-order valence-electron chi connectivity index (χ3n) is 3.38. The van der Waals surface area contributed by atoms with Gasteiger partial charge in [0.1, 0.15) is 5.82 Å². The van der Waals surface area contributed by atoms with Gasteiger partial charge in [0.05, 0.1) is 0 Å². The molecular formula is C15H20FNO. The minimum absolute atomic E-state index is 0.106. The molecule has 98 valence electrons. The maximum absolute atomic E-state index is 12.7. The van der Waals surface area contributed by atoms with E-state index in [1.165, 1.54) is 25.0 Å². The summed E-state index contributed by atoms with van der Waals surface area (Å²) in [5.41, 5.74) is 0.612. The van der Waals surface area contributed by atoms with E-state index in [4.69, 9.17) is 0 Å². The first-order valence-corrected chi connectivity index (χ1v) is 6.62. The highest BCUT2D eigenvalue weighted by atomic mass is 19.1. The molecule has 0 amide bonds. The van der Waals surface area contributed by atoms with Crippen molar-refractivity contribution in [3.63, 3.8) is 0 Å². The van der Waals surface area contributed by atoms with Crippen molar-refractivity contribution >= 4 is 5.78 Å². The normalized spacial score (nSPS) is 15.1. The van der Waals surface area contributed by atoms with Crippen LogP contribution < -0.4 is 0 Å². The van der Waals surface area contributed by atoms with Crippen LogP contribution in [-0.2, 0) is 0 Å². The minimum atomic E-state index is -0.296. The predicted octanol–water partition coefficient (Wildman–Crippen LogP) is 3.13. The minimum Gasteiger partial charge on any atom is -0.306 e. The van der Waals surface area contributed by atoms with Gasteiger partial charge in [0.25, 0.3) is 0 Å². The van der Waals surface area contributed by atoms with Crippen LogP contribution in [0, 0.1) is 11.7 Å². The van der Waals surface area contributed by atoms with Gasteiger partial charge in [-0.15, -0.1) is 0 Å². The Kier molecular flexibility index (Phi) is 4.48. The van der Waals surface area contributed by atoms with Crippen molar-refractivity contribution in [3.8, 4) is 0 Å². The van der Waals surface area contributed by atoms with Crippen LogP contribution in [0.2, 0.25) is 0 Å². The average Bonchev–Trinajstić information content (AvgIpc) is 3.13. The van der Waals surface area contributed by atoms with E-state index in [0.717, 1.165) is 25.4 Å². The van der Waals surface area contributed by atoms with Gasteiger partial charge in [-0.2, -0.15) is 0 Å².